The minimum atomic E-state index is -3.36. The minimum absolute atomic E-state index is 0.0813. The van der Waals surface area contributed by atoms with E-state index < -0.39 is 10.0 Å². The van der Waals surface area contributed by atoms with Crippen LogP contribution in [0.4, 0.5) is 4.79 Å². The van der Waals surface area contributed by atoms with Crippen LogP contribution in [0.2, 0.25) is 0 Å². The molecule has 3 aliphatic heterocycles. The SMILES string of the molecule is CCCCC1N(CC2CCCCC2)C(=O)OC12CCN(C1CCN(S(=O)(=O)c3cccs3)CC1)CC2. The molecule has 4 fully saturated rings. The molecule has 1 atom stereocenters. The molecule has 4 aliphatic rings. The number of likely N-dealkylation sites (tertiary alicyclic amines) is 1. The number of sulfonamides is 1. The second kappa shape index (κ2) is 11.3. The Kier molecular flexibility index (Phi) is 8.30. The van der Waals surface area contributed by atoms with Gasteiger partial charge in [0.1, 0.15) is 9.81 Å². The van der Waals surface area contributed by atoms with Gasteiger partial charge in [-0.15, -0.1) is 11.3 Å². The largest absolute Gasteiger partial charge is 0.440 e. The molecule has 4 heterocycles. The van der Waals surface area contributed by atoms with Crippen molar-refractivity contribution in [2.24, 2.45) is 5.92 Å². The molecule has 36 heavy (non-hydrogen) atoms. The zero-order valence-electron chi connectivity index (χ0n) is 21.8. The fourth-order valence-electron chi connectivity index (χ4n) is 7.07. The van der Waals surface area contributed by atoms with Gasteiger partial charge in [-0.2, -0.15) is 4.31 Å². The molecule has 5 rings (SSSR count). The van der Waals surface area contributed by atoms with E-state index >= 15 is 0 Å². The first-order valence-electron chi connectivity index (χ1n) is 14.2. The average Bonchev–Trinajstić information content (AvgIpc) is 3.52. The molecular weight excluding hydrogens is 494 g/mol. The molecule has 0 N–H and O–H groups in total. The Morgan fingerprint density at radius 2 is 1.78 bits per heavy atom. The lowest BCUT2D eigenvalue weighted by Gasteiger charge is -2.46. The van der Waals surface area contributed by atoms with E-state index in [1.165, 1.54) is 43.4 Å². The zero-order chi connectivity index (χ0) is 25.2. The summed E-state index contributed by atoms with van der Waals surface area (Å²) in [4.78, 5) is 17.8. The average molecular weight is 538 g/mol. The molecular formula is C27H43N3O4S2. The highest BCUT2D eigenvalue weighted by Crippen LogP contribution is 2.43. The molecule has 9 heteroatoms. The predicted molar refractivity (Wildman–Crippen MR) is 143 cm³/mol. The van der Waals surface area contributed by atoms with Crippen molar-refractivity contribution in [3.63, 3.8) is 0 Å². The van der Waals surface area contributed by atoms with Crippen molar-refractivity contribution >= 4 is 27.5 Å². The van der Waals surface area contributed by atoms with Crippen molar-refractivity contribution in [2.75, 3.05) is 32.7 Å². The lowest BCUT2D eigenvalue weighted by Crippen LogP contribution is -2.56. The summed E-state index contributed by atoms with van der Waals surface area (Å²) in [6, 6.07) is 4.10. The Labute approximate surface area is 221 Å². The van der Waals surface area contributed by atoms with Crippen LogP contribution >= 0.6 is 11.3 Å². The second-order valence-corrected chi connectivity index (χ2v) is 14.5. The van der Waals surface area contributed by atoms with Gasteiger partial charge in [-0.25, -0.2) is 13.2 Å². The maximum atomic E-state index is 13.1. The van der Waals surface area contributed by atoms with Gasteiger partial charge in [-0.1, -0.05) is 45.1 Å². The number of rotatable bonds is 8. The quantitative estimate of drug-likeness (QED) is 0.448. The van der Waals surface area contributed by atoms with Crippen LogP contribution in [-0.2, 0) is 14.8 Å². The van der Waals surface area contributed by atoms with Crippen molar-refractivity contribution in [1.82, 2.24) is 14.1 Å². The fraction of sp³-hybridized carbons (Fsp3) is 0.815. The van der Waals surface area contributed by atoms with Gasteiger partial charge in [-0.05, 0) is 49.5 Å². The maximum absolute atomic E-state index is 13.1. The van der Waals surface area contributed by atoms with Gasteiger partial charge in [0.25, 0.3) is 10.0 Å². The molecule has 1 amide bonds. The number of ether oxygens (including phenoxy) is 1. The molecule has 1 aromatic heterocycles. The highest BCUT2D eigenvalue weighted by atomic mass is 32.2. The van der Waals surface area contributed by atoms with E-state index in [9.17, 15) is 13.2 Å². The Morgan fingerprint density at radius 3 is 2.42 bits per heavy atom. The van der Waals surface area contributed by atoms with E-state index in [2.05, 4.69) is 16.7 Å². The number of carbonyl (C=O) groups excluding carboxylic acids is 1. The molecule has 1 aliphatic carbocycles. The third-order valence-electron chi connectivity index (χ3n) is 9.19. The summed E-state index contributed by atoms with van der Waals surface area (Å²) < 4.78 is 34.2. The molecule has 1 aromatic rings. The number of amides is 1. The summed E-state index contributed by atoms with van der Waals surface area (Å²) in [5.41, 5.74) is -0.347. The van der Waals surface area contributed by atoms with Gasteiger partial charge < -0.3 is 9.64 Å². The molecule has 0 bridgehead atoms. The third-order valence-corrected chi connectivity index (χ3v) is 12.5. The molecule has 3 saturated heterocycles. The van der Waals surface area contributed by atoms with Crippen LogP contribution in [0.3, 0.4) is 0 Å². The van der Waals surface area contributed by atoms with Crippen LogP contribution in [0.15, 0.2) is 21.7 Å². The van der Waals surface area contributed by atoms with Gasteiger partial charge >= 0.3 is 6.09 Å². The molecule has 202 valence electrons. The Bertz CT molecular complexity index is 961. The fourth-order valence-corrected chi connectivity index (χ4v) is 9.68. The zero-order valence-corrected chi connectivity index (χ0v) is 23.4. The summed E-state index contributed by atoms with van der Waals surface area (Å²) in [5, 5.41) is 1.82. The first kappa shape index (κ1) is 26.4. The maximum Gasteiger partial charge on any atom is 0.410 e. The Morgan fingerprint density at radius 1 is 1.06 bits per heavy atom. The van der Waals surface area contributed by atoms with E-state index in [0.717, 1.165) is 64.6 Å². The normalized spacial score (nSPS) is 27.1. The highest BCUT2D eigenvalue weighted by Gasteiger charge is 2.55. The van der Waals surface area contributed by atoms with Gasteiger partial charge in [-0.3, -0.25) is 4.90 Å². The standard InChI is InChI=1S/C27H43N3O4S2/c1-2-3-10-24-27(34-26(31)30(24)21-22-8-5-4-6-9-22)14-18-28(19-15-27)23-12-16-29(17-13-23)36(32,33)25-11-7-20-35-25/h7,11,20,22-24H,2-6,8-10,12-19,21H2,1H3. The smallest absolute Gasteiger partial charge is 0.410 e. The van der Waals surface area contributed by atoms with Crippen LogP contribution in [0.25, 0.3) is 0 Å². The van der Waals surface area contributed by atoms with Crippen LogP contribution in [0.1, 0.15) is 84.0 Å². The van der Waals surface area contributed by atoms with E-state index in [-0.39, 0.29) is 17.7 Å². The first-order chi connectivity index (χ1) is 17.4. The molecule has 1 unspecified atom stereocenters. The van der Waals surface area contributed by atoms with Crippen molar-refractivity contribution in [3.05, 3.63) is 17.5 Å². The lowest BCUT2D eigenvalue weighted by molar-refractivity contribution is -0.0374. The molecule has 0 aromatic carbocycles. The van der Waals surface area contributed by atoms with Gasteiger partial charge in [0.2, 0.25) is 0 Å². The number of hydrogen-bond donors (Lipinski definition) is 0. The van der Waals surface area contributed by atoms with Gasteiger partial charge in [0, 0.05) is 51.6 Å². The molecule has 7 nitrogen and oxygen atoms in total. The molecule has 1 saturated carbocycles. The van der Waals surface area contributed by atoms with Crippen molar-refractivity contribution in [1.29, 1.82) is 0 Å². The monoisotopic (exact) mass is 537 g/mol. The van der Waals surface area contributed by atoms with E-state index in [4.69, 9.17) is 4.74 Å². The van der Waals surface area contributed by atoms with Crippen molar-refractivity contribution < 1.29 is 17.9 Å². The van der Waals surface area contributed by atoms with Crippen LogP contribution < -0.4 is 0 Å². The summed E-state index contributed by atoms with van der Waals surface area (Å²) in [6.07, 6.45) is 13.1. The van der Waals surface area contributed by atoms with Crippen LogP contribution in [-0.4, -0.2) is 79.0 Å². The van der Waals surface area contributed by atoms with E-state index in [0.29, 0.717) is 29.3 Å². The summed E-state index contributed by atoms with van der Waals surface area (Å²) in [6.45, 7) is 6.11. The summed E-state index contributed by atoms with van der Waals surface area (Å²) >= 11 is 1.29. The summed E-state index contributed by atoms with van der Waals surface area (Å²) in [7, 11) is -3.36. The second-order valence-electron chi connectivity index (χ2n) is 11.4. The molecule has 0 radical (unpaired) electrons. The topological polar surface area (TPSA) is 70.2 Å². The summed E-state index contributed by atoms with van der Waals surface area (Å²) in [5.74, 6) is 0.626. The number of unbranched alkanes of at least 4 members (excludes halogenated alkanes) is 1. The van der Waals surface area contributed by atoms with Gasteiger partial charge in [0.05, 0.1) is 6.04 Å². The van der Waals surface area contributed by atoms with E-state index in [1.807, 2.05) is 5.38 Å². The Balaban J connectivity index is 1.19. The van der Waals surface area contributed by atoms with Crippen LogP contribution in [0, 0.1) is 5.92 Å². The predicted octanol–water partition coefficient (Wildman–Crippen LogP) is 5.33. The van der Waals surface area contributed by atoms with Gasteiger partial charge in [0.15, 0.2) is 0 Å². The highest BCUT2D eigenvalue weighted by molar-refractivity contribution is 7.91. The minimum Gasteiger partial charge on any atom is -0.440 e. The third kappa shape index (κ3) is 5.36. The van der Waals surface area contributed by atoms with E-state index in [1.54, 1.807) is 16.4 Å². The Hall–Kier alpha value is -1.16. The first-order valence-corrected chi connectivity index (χ1v) is 16.5. The molecule has 1 spiro atoms. The lowest BCUT2D eigenvalue weighted by atomic mass is 9.80. The number of nitrogens with zero attached hydrogens (tertiary/aromatic N) is 3. The number of thiophene rings is 1. The number of carbonyl (C=O) groups is 1. The van der Waals surface area contributed by atoms with Crippen LogP contribution in [0.5, 0.6) is 0 Å². The van der Waals surface area contributed by atoms with Crippen molar-refractivity contribution in [2.45, 2.75) is 106 Å². The number of hydrogen-bond acceptors (Lipinski definition) is 6. The van der Waals surface area contributed by atoms with Crippen molar-refractivity contribution in [3.8, 4) is 0 Å². The number of piperidine rings is 2.